The Balaban J connectivity index is 2.23. The molecule has 0 radical (unpaired) electrons. The largest absolute Gasteiger partial charge is 0.384 e. The summed E-state index contributed by atoms with van der Waals surface area (Å²) in [6.07, 6.45) is 1.51. The van der Waals surface area contributed by atoms with Crippen molar-refractivity contribution >= 4 is 11.8 Å². The number of hydrogen-bond acceptors (Lipinski definition) is 2. The smallest absolute Gasteiger partial charge is 0.104 e. The number of aliphatic hydroxyl groups is 1. The van der Waals surface area contributed by atoms with Gasteiger partial charge in [-0.05, 0) is 36.4 Å². The standard InChI is InChI=1S/C15H16OS/c1-11-3-5-12(6-4-11)15(16)13-7-9-14(17-2)10-8-13/h3-10,15-16H,1-2H3/t15-/m1/s1. The van der Waals surface area contributed by atoms with Crippen molar-refractivity contribution in [3.63, 3.8) is 0 Å². The van der Waals surface area contributed by atoms with E-state index in [0.29, 0.717) is 0 Å². The van der Waals surface area contributed by atoms with Crippen LogP contribution < -0.4 is 0 Å². The van der Waals surface area contributed by atoms with E-state index in [9.17, 15) is 5.11 Å². The molecule has 1 nitrogen and oxygen atoms in total. The molecule has 0 aliphatic carbocycles. The maximum Gasteiger partial charge on any atom is 0.104 e. The number of benzene rings is 2. The fourth-order valence-corrected chi connectivity index (χ4v) is 2.14. The van der Waals surface area contributed by atoms with Gasteiger partial charge in [-0.2, -0.15) is 0 Å². The Bertz CT molecular complexity index is 473. The molecule has 0 unspecified atom stereocenters. The van der Waals surface area contributed by atoms with Crippen molar-refractivity contribution in [2.45, 2.75) is 17.9 Å². The molecule has 2 aromatic rings. The lowest BCUT2D eigenvalue weighted by Gasteiger charge is -2.12. The average Bonchev–Trinajstić information content (AvgIpc) is 2.39. The van der Waals surface area contributed by atoms with Crippen molar-refractivity contribution in [2.75, 3.05) is 6.26 Å². The predicted molar refractivity (Wildman–Crippen MR) is 73.5 cm³/mol. The Kier molecular flexibility index (Phi) is 3.87. The van der Waals surface area contributed by atoms with E-state index in [4.69, 9.17) is 0 Å². The number of aryl methyl sites for hydroxylation is 1. The molecule has 1 atom stereocenters. The Morgan fingerprint density at radius 2 is 1.35 bits per heavy atom. The summed E-state index contributed by atoms with van der Waals surface area (Å²) in [5, 5.41) is 10.2. The van der Waals surface area contributed by atoms with Gasteiger partial charge in [0.05, 0.1) is 0 Å². The predicted octanol–water partition coefficient (Wildman–Crippen LogP) is 3.80. The van der Waals surface area contributed by atoms with Crippen LogP contribution in [0.1, 0.15) is 22.8 Å². The first-order valence-corrected chi connectivity index (χ1v) is 6.82. The van der Waals surface area contributed by atoms with Crippen molar-refractivity contribution < 1.29 is 5.11 Å². The van der Waals surface area contributed by atoms with Crippen LogP contribution in [0.3, 0.4) is 0 Å². The van der Waals surface area contributed by atoms with Crippen LogP contribution in [0.25, 0.3) is 0 Å². The Labute approximate surface area is 107 Å². The summed E-state index contributed by atoms with van der Waals surface area (Å²) in [6, 6.07) is 16.0. The summed E-state index contributed by atoms with van der Waals surface area (Å²) >= 11 is 1.71. The van der Waals surface area contributed by atoms with Gasteiger partial charge in [0, 0.05) is 4.90 Å². The average molecular weight is 244 g/mol. The van der Waals surface area contributed by atoms with E-state index >= 15 is 0 Å². The normalized spacial score (nSPS) is 12.4. The SMILES string of the molecule is CSc1ccc([C@H](O)c2ccc(C)cc2)cc1. The van der Waals surface area contributed by atoms with Gasteiger partial charge in [-0.15, -0.1) is 11.8 Å². The minimum absolute atomic E-state index is 0.536. The molecule has 2 heteroatoms. The third kappa shape index (κ3) is 2.90. The van der Waals surface area contributed by atoms with Crippen LogP contribution in [0.5, 0.6) is 0 Å². The molecule has 88 valence electrons. The van der Waals surface area contributed by atoms with Gasteiger partial charge in [0.2, 0.25) is 0 Å². The zero-order valence-electron chi connectivity index (χ0n) is 10.1. The molecule has 0 saturated heterocycles. The van der Waals surface area contributed by atoms with E-state index in [1.54, 1.807) is 11.8 Å². The highest BCUT2D eigenvalue weighted by Gasteiger charge is 2.09. The van der Waals surface area contributed by atoms with Gasteiger partial charge >= 0.3 is 0 Å². The first kappa shape index (κ1) is 12.2. The Hall–Kier alpha value is -1.25. The number of rotatable bonds is 3. The molecule has 0 aromatic heterocycles. The van der Waals surface area contributed by atoms with Gasteiger partial charge in [0.1, 0.15) is 6.10 Å². The van der Waals surface area contributed by atoms with Gasteiger partial charge < -0.3 is 5.11 Å². The molecule has 0 fully saturated rings. The fraction of sp³-hybridized carbons (Fsp3) is 0.200. The lowest BCUT2D eigenvalue weighted by atomic mass is 10.0. The zero-order chi connectivity index (χ0) is 12.3. The number of aliphatic hydroxyl groups excluding tert-OH is 1. The van der Waals surface area contributed by atoms with Crippen LogP contribution in [0.15, 0.2) is 53.4 Å². The quantitative estimate of drug-likeness (QED) is 0.829. The third-order valence-corrected chi connectivity index (χ3v) is 3.57. The molecule has 0 heterocycles. The van der Waals surface area contributed by atoms with Crippen molar-refractivity contribution in [3.05, 3.63) is 65.2 Å². The second kappa shape index (κ2) is 5.39. The van der Waals surface area contributed by atoms with E-state index in [-0.39, 0.29) is 0 Å². The first-order chi connectivity index (χ1) is 8.20. The summed E-state index contributed by atoms with van der Waals surface area (Å²) in [4.78, 5) is 1.21. The van der Waals surface area contributed by atoms with Crippen LogP contribution in [0.2, 0.25) is 0 Å². The zero-order valence-corrected chi connectivity index (χ0v) is 10.9. The van der Waals surface area contributed by atoms with E-state index in [1.807, 2.05) is 61.7 Å². The van der Waals surface area contributed by atoms with Gasteiger partial charge in [-0.3, -0.25) is 0 Å². The molecular formula is C15H16OS. The number of hydrogen-bond donors (Lipinski definition) is 1. The molecule has 1 N–H and O–H groups in total. The van der Waals surface area contributed by atoms with E-state index < -0.39 is 6.10 Å². The van der Waals surface area contributed by atoms with E-state index in [0.717, 1.165) is 11.1 Å². The molecule has 0 aliphatic heterocycles. The van der Waals surface area contributed by atoms with Gasteiger partial charge in [0.25, 0.3) is 0 Å². The van der Waals surface area contributed by atoms with E-state index in [2.05, 4.69) is 0 Å². The molecule has 0 saturated carbocycles. The maximum absolute atomic E-state index is 10.2. The van der Waals surface area contributed by atoms with Crippen molar-refractivity contribution in [3.8, 4) is 0 Å². The van der Waals surface area contributed by atoms with Crippen molar-refractivity contribution in [2.24, 2.45) is 0 Å². The van der Waals surface area contributed by atoms with Crippen LogP contribution in [0.4, 0.5) is 0 Å². The summed E-state index contributed by atoms with van der Waals surface area (Å²) in [7, 11) is 0. The van der Waals surface area contributed by atoms with Crippen LogP contribution in [0, 0.1) is 6.92 Å². The maximum atomic E-state index is 10.2. The molecule has 0 spiro atoms. The molecule has 2 aromatic carbocycles. The van der Waals surface area contributed by atoms with Gasteiger partial charge in [-0.1, -0.05) is 42.0 Å². The fourth-order valence-electron chi connectivity index (χ4n) is 1.73. The lowest BCUT2D eigenvalue weighted by molar-refractivity contribution is 0.220. The molecule has 2 rings (SSSR count). The topological polar surface area (TPSA) is 20.2 Å². The van der Waals surface area contributed by atoms with Crippen LogP contribution >= 0.6 is 11.8 Å². The summed E-state index contributed by atoms with van der Waals surface area (Å²) in [5.41, 5.74) is 3.08. The molecule has 0 amide bonds. The minimum atomic E-state index is -0.536. The molecule has 17 heavy (non-hydrogen) atoms. The van der Waals surface area contributed by atoms with E-state index in [1.165, 1.54) is 10.5 Å². The number of thioether (sulfide) groups is 1. The highest BCUT2D eigenvalue weighted by molar-refractivity contribution is 7.98. The molecule has 0 bridgehead atoms. The molecule has 0 aliphatic rings. The second-order valence-corrected chi connectivity index (χ2v) is 4.97. The molecular weight excluding hydrogens is 228 g/mol. The monoisotopic (exact) mass is 244 g/mol. The van der Waals surface area contributed by atoms with Gasteiger partial charge in [0.15, 0.2) is 0 Å². The van der Waals surface area contributed by atoms with Crippen molar-refractivity contribution in [1.82, 2.24) is 0 Å². The van der Waals surface area contributed by atoms with Crippen LogP contribution in [-0.2, 0) is 0 Å². The third-order valence-electron chi connectivity index (χ3n) is 2.82. The lowest BCUT2D eigenvalue weighted by Crippen LogP contribution is -1.99. The minimum Gasteiger partial charge on any atom is -0.384 e. The van der Waals surface area contributed by atoms with Crippen molar-refractivity contribution in [1.29, 1.82) is 0 Å². The van der Waals surface area contributed by atoms with Crippen LogP contribution in [-0.4, -0.2) is 11.4 Å². The summed E-state index contributed by atoms with van der Waals surface area (Å²) in [5.74, 6) is 0. The van der Waals surface area contributed by atoms with Gasteiger partial charge in [-0.25, -0.2) is 0 Å². The highest BCUT2D eigenvalue weighted by atomic mass is 32.2. The summed E-state index contributed by atoms with van der Waals surface area (Å²) < 4.78 is 0. The Morgan fingerprint density at radius 3 is 1.82 bits per heavy atom. The first-order valence-electron chi connectivity index (χ1n) is 5.59. The second-order valence-electron chi connectivity index (χ2n) is 4.09. The summed E-state index contributed by atoms with van der Waals surface area (Å²) in [6.45, 7) is 2.05. The highest BCUT2D eigenvalue weighted by Crippen LogP contribution is 2.24. The Morgan fingerprint density at radius 1 is 0.882 bits per heavy atom.